The van der Waals surface area contributed by atoms with Crippen LogP contribution in [0.2, 0.25) is 5.02 Å². The third kappa shape index (κ3) is 7.55. The van der Waals surface area contributed by atoms with Crippen molar-refractivity contribution in [1.82, 2.24) is 5.32 Å². The number of carbonyl (C=O) groups excluding carboxylic acids is 1. The predicted octanol–water partition coefficient (Wildman–Crippen LogP) is 6.84. The van der Waals surface area contributed by atoms with E-state index in [1.54, 1.807) is 13.8 Å². The fourth-order valence-corrected chi connectivity index (χ4v) is 3.42. The molecule has 5 heteroatoms. The number of rotatable bonds is 9. The molecule has 0 aliphatic rings. The number of carbonyl (C=O) groups is 1. The van der Waals surface area contributed by atoms with E-state index in [4.69, 9.17) is 16.3 Å². The van der Waals surface area contributed by atoms with Crippen molar-refractivity contribution < 1.29 is 13.9 Å². The van der Waals surface area contributed by atoms with Crippen molar-refractivity contribution in [1.29, 1.82) is 0 Å². The van der Waals surface area contributed by atoms with Crippen LogP contribution < -0.4 is 10.1 Å². The van der Waals surface area contributed by atoms with Gasteiger partial charge in [-0.3, -0.25) is 4.79 Å². The molecular weight excluding hydrogens is 413 g/mol. The molecule has 2 unspecified atom stereocenters. The highest BCUT2D eigenvalue weighted by Crippen LogP contribution is 2.29. The monoisotopic (exact) mass is 443 g/mol. The molecule has 2 rings (SSSR count). The molecule has 0 radical (unpaired) electrons. The minimum absolute atomic E-state index is 0.0596. The van der Waals surface area contributed by atoms with Gasteiger partial charge in [-0.25, -0.2) is 4.39 Å². The lowest BCUT2D eigenvalue weighted by molar-refractivity contribution is -0.135. The summed E-state index contributed by atoms with van der Waals surface area (Å²) < 4.78 is 19.0. The maximum atomic E-state index is 13.2. The molecule has 0 spiro atoms. The molecule has 0 bridgehead atoms. The Kier molecular flexibility index (Phi) is 8.88. The average Bonchev–Trinajstić information content (AvgIpc) is 2.72. The molecule has 2 aromatic carbocycles. The van der Waals surface area contributed by atoms with Crippen LogP contribution in [-0.2, 0) is 4.79 Å². The van der Waals surface area contributed by atoms with Crippen molar-refractivity contribution in [3.05, 3.63) is 88.7 Å². The van der Waals surface area contributed by atoms with Gasteiger partial charge in [0.1, 0.15) is 11.6 Å². The highest BCUT2D eigenvalue weighted by Gasteiger charge is 2.33. The maximum Gasteiger partial charge on any atom is 0.263 e. The lowest BCUT2D eigenvalue weighted by Crippen LogP contribution is -2.50. The summed E-state index contributed by atoms with van der Waals surface area (Å²) in [5.41, 5.74) is 1.19. The normalized spacial score (nSPS) is 14.4. The predicted molar refractivity (Wildman–Crippen MR) is 126 cm³/mol. The number of nitrogens with one attached hydrogen (secondary N) is 1. The molecule has 0 aromatic heterocycles. The molecule has 31 heavy (non-hydrogen) atoms. The van der Waals surface area contributed by atoms with Gasteiger partial charge in [0.25, 0.3) is 5.91 Å². The summed E-state index contributed by atoms with van der Waals surface area (Å²) in [5, 5.41) is 3.79. The van der Waals surface area contributed by atoms with Crippen LogP contribution in [0.15, 0.2) is 72.3 Å². The Hall–Kier alpha value is -2.59. The fourth-order valence-electron chi connectivity index (χ4n) is 3.29. The lowest BCUT2D eigenvalue weighted by atomic mass is 9.86. The summed E-state index contributed by atoms with van der Waals surface area (Å²) >= 11 is 6.07. The molecule has 3 nitrogen and oxygen atoms in total. The topological polar surface area (TPSA) is 38.3 Å². The minimum atomic E-state index is -1.12. The average molecular weight is 444 g/mol. The van der Waals surface area contributed by atoms with Crippen LogP contribution in [-0.4, -0.2) is 17.6 Å². The molecule has 166 valence electrons. The maximum absolute atomic E-state index is 13.2. The van der Waals surface area contributed by atoms with Gasteiger partial charge in [-0.15, -0.1) is 0 Å². The number of allylic oxidation sites excluding steroid dienone is 4. The van der Waals surface area contributed by atoms with Crippen LogP contribution in [0, 0.1) is 5.82 Å². The van der Waals surface area contributed by atoms with Crippen LogP contribution in [0.4, 0.5) is 4.39 Å². The van der Waals surface area contributed by atoms with Gasteiger partial charge in [0.2, 0.25) is 0 Å². The Bertz CT molecular complexity index is 917. The second-order valence-corrected chi connectivity index (χ2v) is 8.67. The van der Waals surface area contributed by atoms with Gasteiger partial charge in [0.05, 0.1) is 0 Å². The van der Waals surface area contributed by atoms with Crippen molar-refractivity contribution in [3.8, 4) is 5.75 Å². The number of halogens is 2. The summed E-state index contributed by atoms with van der Waals surface area (Å²) in [4.78, 5) is 13.0. The van der Waals surface area contributed by atoms with E-state index in [1.807, 2.05) is 50.3 Å². The molecule has 2 atom stereocenters. The zero-order valence-electron chi connectivity index (χ0n) is 18.8. The first-order valence-electron chi connectivity index (χ1n) is 10.4. The first-order valence-corrected chi connectivity index (χ1v) is 10.8. The van der Waals surface area contributed by atoms with Crippen LogP contribution in [0.25, 0.3) is 0 Å². The Balaban J connectivity index is 2.18. The minimum Gasteiger partial charge on any atom is -0.478 e. The Morgan fingerprint density at radius 3 is 2.35 bits per heavy atom. The summed E-state index contributed by atoms with van der Waals surface area (Å²) in [7, 11) is 0. The van der Waals surface area contributed by atoms with E-state index in [2.05, 4.69) is 18.3 Å². The van der Waals surface area contributed by atoms with Crippen molar-refractivity contribution in [2.24, 2.45) is 0 Å². The van der Waals surface area contributed by atoms with E-state index in [0.29, 0.717) is 10.8 Å². The van der Waals surface area contributed by atoms with Gasteiger partial charge in [-0.2, -0.15) is 0 Å². The fraction of sp³-hybridized carbons (Fsp3) is 0.346. The largest absolute Gasteiger partial charge is 0.478 e. The SMILES string of the molecule is C/C=C\C=C(/C)CC(c1ccc(Cl)cc1)C(C)NC(=O)C(C)(C)Oc1ccc(F)cc1. The number of hydrogen-bond acceptors (Lipinski definition) is 2. The van der Waals surface area contributed by atoms with E-state index in [1.165, 1.54) is 29.8 Å². The van der Waals surface area contributed by atoms with E-state index >= 15 is 0 Å². The first kappa shape index (κ1) is 24.7. The standard InChI is InChI=1S/C26H31ClFNO2/c1-6-7-8-18(2)17-24(20-9-11-21(27)12-10-20)19(3)29-25(30)26(4,5)31-23-15-13-22(28)14-16-23/h6-16,19,24H,17H2,1-5H3,(H,29,30)/b7-6-,18-8+. The molecule has 0 heterocycles. The van der Waals surface area contributed by atoms with Crippen LogP contribution in [0.5, 0.6) is 5.75 Å². The summed E-state index contributed by atoms with van der Waals surface area (Å²) in [5.74, 6) is -0.0910. The Morgan fingerprint density at radius 2 is 1.77 bits per heavy atom. The van der Waals surface area contributed by atoms with Crippen LogP contribution in [0.3, 0.4) is 0 Å². The molecule has 2 aromatic rings. The number of hydrogen-bond donors (Lipinski definition) is 1. The van der Waals surface area contributed by atoms with E-state index in [9.17, 15) is 9.18 Å². The number of benzene rings is 2. The quantitative estimate of drug-likeness (QED) is 0.431. The van der Waals surface area contributed by atoms with Crippen molar-refractivity contribution in [2.75, 3.05) is 0 Å². The number of amides is 1. The molecule has 0 aliphatic heterocycles. The smallest absolute Gasteiger partial charge is 0.263 e. The van der Waals surface area contributed by atoms with Crippen molar-refractivity contribution >= 4 is 17.5 Å². The van der Waals surface area contributed by atoms with Gasteiger partial charge in [-0.1, -0.05) is 47.5 Å². The highest BCUT2D eigenvalue weighted by molar-refractivity contribution is 6.30. The van der Waals surface area contributed by atoms with Gasteiger partial charge in [-0.05, 0) is 83.0 Å². The van der Waals surface area contributed by atoms with Gasteiger partial charge in [0, 0.05) is 17.0 Å². The Labute approximate surface area is 190 Å². The van der Waals surface area contributed by atoms with E-state index in [0.717, 1.165) is 12.0 Å². The van der Waals surface area contributed by atoms with Crippen molar-refractivity contribution in [3.63, 3.8) is 0 Å². The zero-order chi connectivity index (χ0) is 23.0. The second-order valence-electron chi connectivity index (χ2n) is 8.23. The van der Waals surface area contributed by atoms with Gasteiger partial charge < -0.3 is 10.1 Å². The van der Waals surface area contributed by atoms with Gasteiger partial charge >= 0.3 is 0 Å². The van der Waals surface area contributed by atoms with Gasteiger partial charge in [0.15, 0.2) is 5.60 Å². The molecule has 0 aliphatic carbocycles. The molecule has 1 amide bonds. The van der Waals surface area contributed by atoms with Crippen LogP contribution in [0.1, 0.15) is 52.5 Å². The zero-order valence-corrected chi connectivity index (χ0v) is 19.5. The first-order chi connectivity index (χ1) is 14.6. The third-order valence-electron chi connectivity index (χ3n) is 5.11. The summed E-state index contributed by atoms with van der Waals surface area (Å²) in [6.45, 7) is 9.46. The van der Waals surface area contributed by atoms with E-state index in [-0.39, 0.29) is 23.7 Å². The summed E-state index contributed by atoms with van der Waals surface area (Å²) in [6.07, 6.45) is 6.87. The molecule has 0 saturated carbocycles. The number of ether oxygens (including phenoxy) is 1. The molecule has 0 fully saturated rings. The highest BCUT2D eigenvalue weighted by atomic mass is 35.5. The van der Waals surface area contributed by atoms with Crippen molar-refractivity contribution in [2.45, 2.75) is 58.6 Å². The van der Waals surface area contributed by atoms with Crippen LogP contribution >= 0.6 is 11.6 Å². The van der Waals surface area contributed by atoms with E-state index < -0.39 is 5.60 Å². The summed E-state index contributed by atoms with van der Waals surface area (Å²) in [6, 6.07) is 13.2. The molecular formula is C26H31ClFNO2. The Morgan fingerprint density at radius 1 is 1.16 bits per heavy atom. The third-order valence-corrected chi connectivity index (χ3v) is 5.36. The molecule has 0 saturated heterocycles. The molecule has 1 N–H and O–H groups in total. The lowest BCUT2D eigenvalue weighted by Gasteiger charge is -2.31. The second kappa shape index (κ2) is 11.1.